The van der Waals surface area contributed by atoms with Crippen molar-refractivity contribution in [1.82, 2.24) is 19.5 Å². The first-order chi connectivity index (χ1) is 14.2. The van der Waals surface area contributed by atoms with E-state index >= 15 is 0 Å². The SMILES string of the molecule is C[C@@H]1CN(c2ncc(Cl)c(Nc3ccc4c(c3)[nH]c(=O)c(=O)n4C)n2)CCC1(F)F. The van der Waals surface area contributed by atoms with Gasteiger partial charge in [-0.15, -0.1) is 0 Å². The Morgan fingerprint density at radius 1 is 1.33 bits per heavy atom. The number of aryl methyl sites for hydroxylation is 1. The first-order valence-corrected chi connectivity index (χ1v) is 9.69. The number of piperidine rings is 1. The smallest absolute Gasteiger partial charge is 0.316 e. The van der Waals surface area contributed by atoms with Gasteiger partial charge in [-0.3, -0.25) is 9.59 Å². The average Bonchev–Trinajstić information content (AvgIpc) is 2.70. The van der Waals surface area contributed by atoms with Gasteiger partial charge in [0.15, 0.2) is 5.82 Å². The minimum absolute atomic E-state index is 0.138. The Labute approximate surface area is 174 Å². The Bertz CT molecular complexity index is 1240. The molecule has 0 aliphatic carbocycles. The zero-order valence-electron chi connectivity index (χ0n) is 16.2. The second-order valence-electron chi connectivity index (χ2n) is 7.40. The van der Waals surface area contributed by atoms with Crippen LogP contribution in [-0.2, 0) is 7.05 Å². The molecule has 11 heteroatoms. The zero-order chi connectivity index (χ0) is 21.6. The third-order valence-electron chi connectivity index (χ3n) is 5.31. The van der Waals surface area contributed by atoms with Gasteiger partial charge in [0.2, 0.25) is 5.95 Å². The van der Waals surface area contributed by atoms with Crippen molar-refractivity contribution in [2.75, 3.05) is 23.3 Å². The number of anilines is 3. The largest absolute Gasteiger partial charge is 0.340 e. The lowest BCUT2D eigenvalue weighted by Crippen LogP contribution is -2.46. The molecule has 0 spiro atoms. The van der Waals surface area contributed by atoms with Crippen molar-refractivity contribution in [3.8, 4) is 0 Å². The number of aromatic nitrogens is 4. The number of alkyl halides is 2. The van der Waals surface area contributed by atoms with Gasteiger partial charge in [-0.05, 0) is 18.2 Å². The molecule has 1 atom stereocenters. The van der Waals surface area contributed by atoms with Gasteiger partial charge in [0.05, 0.1) is 17.2 Å². The second-order valence-corrected chi connectivity index (χ2v) is 7.81. The van der Waals surface area contributed by atoms with Gasteiger partial charge in [0, 0.05) is 38.2 Å². The fourth-order valence-corrected chi connectivity index (χ4v) is 3.58. The van der Waals surface area contributed by atoms with Crippen LogP contribution in [0.2, 0.25) is 5.02 Å². The number of hydrogen-bond acceptors (Lipinski definition) is 6. The molecule has 1 fully saturated rings. The van der Waals surface area contributed by atoms with Gasteiger partial charge in [-0.1, -0.05) is 18.5 Å². The lowest BCUT2D eigenvalue weighted by atomic mass is 9.96. The van der Waals surface area contributed by atoms with E-state index in [1.54, 1.807) is 23.1 Å². The number of halogens is 3. The van der Waals surface area contributed by atoms with E-state index in [2.05, 4.69) is 20.3 Å². The van der Waals surface area contributed by atoms with E-state index in [4.69, 9.17) is 11.6 Å². The fraction of sp³-hybridized carbons (Fsp3) is 0.368. The standard InChI is InChI=1S/C19H19ClF2N6O2/c1-10-9-28(6-5-19(10,21)22)18-23-8-12(20)15(26-18)24-11-3-4-14-13(7-11)25-16(29)17(30)27(14)2/h3-4,7-8,10H,5-6,9H2,1-2H3,(H,25,29)(H,23,24,26)/t10-/m1/s1. The molecule has 0 bridgehead atoms. The molecule has 4 rings (SSSR count). The minimum Gasteiger partial charge on any atom is -0.340 e. The summed E-state index contributed by atoms with van der Waals surface area (Å²) in [6.07, 6.45) is 1.15. The Kier molecular flexibility index (Phi) is 4.97. The number of aromatic amines is 1. The molecule has 3 heterocycles. The summed E-state index contributed by atoms with van der Waals surface area (Å²) in [6, 6.07) is 5.04. The van der Waals surface area contributed by atoms with Crippen molar-refractivity contribution < 1.29 is 8.78 Å². The maximum absolute atomic E-state index is 13.8. The van der Waals surface area contributed by atoms with Crippen molar-refractivity contribution in [3.63, 3.8) is 0 Å². The van der Waals surface area contributed by atoms with Gasteiger partial charge in [0.25, 0.3) is 5.92 Å². The number of nitrogens with zero attached hydrogens (tertiary/aromatic N) is 4. The highest BCUT2D eigenvalue weighted by Gasteiger charge is 2.41. The van der Waals surface area contributed by atoms with Crippen LogP contribution < -0.4 is 21.3 Å². The predicted octanol–water partition coefficient (Wildman–Crippen LogP) is 2.90. The number of nitrogens with one attached hydrogen (secondary N) is 2. The molecule has 0 saturated carbocycles. The number of benzene rings is 1. The van der Waals surface area contributed by atoms with Crippen LogP contribution in [0.3, 0.4) is 0 Å². The summed E-state index contributed by atoms with van der Waals surface area (Å²) in [6.45, 7) is 1.79. The topological polar surface area (TPSA) is 95.9 Å². The number of H-pyrrole nitrogens is 1. The molecular formula is C19H19ClF2N6O2. The molecule has 30 heavy (non-hydrogen) atoms. The molecule has 8 nitrogen and oxygen atoms in total. The lowest BCUT2D eigenvalue weighted by molar-refractivity contribution is -0.0653. The van der Waals surface area contributed by atoms with Crippen molar-refractivity contribution in [3.05, 3.63) is 50.1 Å². The molecule has 0 amide bonds. The molecule has 1 saturated heterocycles. The first kappa shape index (κ1) is 20.3. The second kappa shape index (κ2) is 7.35. The summed E-state index contributed by atoms with van der Waals surface area (Å²) < 4.78 is 28.8. The van der Waals surface area contributed by atoms with E-state index in [-0.39, 0.29) is 24.5 Å². The lowest BCUT2D eigenvalue weighted by Gasteiger charge is -2.36. The summed E-state index contributed by atoms with van der Waals surface area (Å²) in [7, 11) is 1.52. The third-order valence-corrected chi connectivity index (χ3v) is 5.59. The first-order valence-electron chi connectivity index (χ1n) is 9.31. The Hall–Kier alpha value is -3.01. The average molecular weight is 437 g/mol. The highest BCUT2D eigenvalue weighted by Crippen LogP contribution is 2.35. The third kappa shape index (κ3) is 3.62. The number of rotatable bonds is 3. The van der Waals surface area contributed by atoms with Crippen molar-refractivity contribution in [2.24, 2.45) is 13.0 Å². The Morgan fingerprint density at radius 3 is 2.83 bits per heavy atom. The number of hydrogen-bond donors (Lipinski definition) is 2. The Balaban J connectivity index is 1.64. The summed E-state index contributed by atoms with van der Waals surface area (Å²) in [5, 5.41) is 3.31. The molecular weight excluding hydrogens is 418 g/mol. The summed E-state index contributed by atoms with van der Waals surface area (Å²) in [4.78, 5) is 36.4. The van der Waals surface area contributed by atoms with Crippen LogP contribution in [0.15, 0.2) is 34.0 Å². The van der Waals surface area contributed by atoms with E-state index in [1.165, 1.54) is 24.7 Å². The predicted molar refractivity (Wildman–Crippen MR) is 111 cm³/mol. The maximum Gasteiger partial charge on any atom is 0.316 e. The van der Waals surface area contributed by atoms with Crippen molar-refractivity contribution in [1.29, 1.82) is 0 Å². The molecule has 1 aliphatic rings. The Morgan fingerprint density at radius 2 is 2.10 bits per heavy atom. The van der Waals surface area contributed by atoms with Crippen LogP contribution in [0.5, 0.6) is 0 Å². The minimum atomic E-state index is -2.70. The molecule has 2 aromatic heterocycles. The maximum atomic E-state index is 13.8. The van der Waals surface area contributed by atoms with Gasteiger partial charge in [-0.25, -0.2) is 13.8 Å². The molecule has 1 aliphatic heterocycles. The van der Waals surface area contributed by atoms with Gasteiger partial charge in [-0.2, -0.15) is 4.98 Å². The number of fused-ring (bicyclic) bond motifs is 1. The monoisotopic (exact) mass is 436 g/mol. The summed E-state index contributed by atoms with van der Waals surface area (Å²) in [5.74, 6) is -2.91. The van der Waals surface area contributed by atoms with Crippen LogP contribution in [-0.4, -0.2) is 38.5 Å². The molecule has 1 aromatic carbocycles. The van der Waals surface area contributed by atoms with Crippen LogP contribution in [0.1, 0.15) is 13.3 Å². The normalized spacial score (nSPS) is 18.6. The van der Waals surface area contributed by atoms with E-state index in [9.17, 15) is 18.4 Å². The van der Waals surface area contributed by atoms with Gasteiger partial charge in [0.1, 0.15) is 5.02 Å². The van der Waals surface area contributed by atoms with Crippen molar-refractivity contribution in [2.45, 2.75) is 19.3 Å². The van der Waals surface area contributed by atoms with Crippen LogP contribution in [0.25, 0.3) is 11.0 Å². The fourth-order valence-electron chi connectivity index (χ4n) is 3.45. The van der Waals surface area contributed by atoms with E-state index in [1.807, 2.05) is 0 Å². The quantitative estimate of drug-likeness (QED) is 0.613. The van der Waals surface area contributed by atoms with E-state index in [0.717, 1.165) is 0 Å². The van der Waals surface area contributed by atoms with Gasteiger partial charge >= 0.3 is 11.1 Å². The summed E-state index contributed by atoms with van der Waals surface area (Å²) in [5.41, 5.74) is 0.225. The van der Waals surface area contributed by atoms with E-state index < -0.39 is 23.0 Å². The van der Waals surface area contributed by atoms with Crippen LogP contribution in [0.4, 0.5) is 26.2 Å². The molecule has 3 aromatic rings. The van der Waals surface area contributed by atoms with E-state index in [0.29, 0.717) is 28.5 Å². The summed E-state index contributed by atoms with van der Waals surface area (Å²) >= 11 is 6.22. The van der Waals surface area contributed by atoms with Crippen LogP contribution >= 0.6 is 11.6 Å². The van der Waals surface area contributed by atoms with Crippen molar-refractivity contribution >= 4 is 40.1 Å². The molecule has 158 valence electrons. The molecule has 0 unspecified atom stereocenters. The molecule has 0 radical (unpaired) electrons. The molecule has 2 N–H and O–H groups in total. The highest BCUT2D eigenvalue weighted by molar-refractivity contribution is 6.32. The zero-order valence-corrected chi connectivity index (χ0v) is 17.0. The highest BCUT2D eigenvalue weighted by atomic mass is 35.5. The van der Waals surface area contributed by atoms with Gasteiger partial charge < -0.3 is 19.8 Å². The van der Waals surface area contributed by atoms with Crippen LogP contribution in [0, 0.1) is 5.92 Å².